The Bertz CT molecular complexity index is 393. The van der Waals surface area contributed by atoms with E-state index in [1.807, 2.05) is 0 Å². The zero-order chi connectivity index (χ0) is 13.4. The van der Waals surface area contributed by atoms with Gasteiger partial charge in [0.05, 0.1) is 5.56 Å². The first kappa shape index (κ1) is 14.6. The molecule has 0 aliphatic rings. The molecule has 0 atom stereocenters. The largest absolute Gasteiger partial charge is 0.396 e. The Hall–Kier alpha value is -1.42. The summed E-state index contributed by atoms with van der Waals surface area (Å²) in [6, 6.07) is 4.58. The Morgan fingerprint density at radius 3 is 2.67 bits per heavy atom. The van der Waals surface area contributed by atoms with E-state index in [9.17, 15) is 9.18 Å². The Morgan fingerprint density at radius 1 is 1.28 bits per heavy atom. The number of hydrogen-bond donors (Lipinski definition) is 2. The van der Waals surface area contributed by atoms with E-state index in [1.54, 1.807) is 13.0 Å². The summed E-state index contributed by atoms with van der Waals surface area (Å²) in [4.78, 5) is 11.7. The Morgan fingerprint density at radius 2 is 2.00 bits per heavy atom. The van der Waals surface area contributed by atoms with Crippen molar-refractivity contribution in [1.82, 2.24) is 5.32 Å². The molecule has 0 saturated carbocycles. The Balaban J connectivity index is 2.32. The van der Waals surface area contributed by atoms with Crippen LogP contribution < -0.4 is 5.32 Å². The summed E-state index contributed by atoms with van der Waals surface area (Å²) in [5.74, 6) is -0.845. The number of nitrogens with one attached hydrogen (secondary N) is 1. The van der Waals surface area contributed by atoms with Crippen LogP contribution in [0.15, 0.2) is 18.2 Å². The van der Waals surface area contributed by atoms with Gasteiger partial charge in [-0.1, -0.05) is 18.9 Å². The lowest BCUT2D eigenvalue weighted by molar-refractivity contribution is 0.0949. The lowest BCUT2D eigenvalue weighted by atomic mass is 10.1. The molecule has 1 aromatic carbocycles. The Kier molecular flexibility index (Phi) is 6.36. The molecule has 0 bridgehead atoms. The van der Waals surface area contributed by atoms with Crippen molar-refractivity contribution in [1.29, 1.82) is 0 Å². The average molecular weight is 253 g/mol. The average Bonchev–Trinajstić information content (AvgIpc) is 2.33. The van der Waals surface area contributed by atoms with Crippen molar-refractivity contribution in [2.45, 2.75) is 32.6 Å². The van der Waals surface area contributed by atoms with Gasteiger partial charge in [0.25, 0.3) is 5.91 Å². The van der Waals surface area contributed by atoms with E-state index >= 15 is 0 Å². The topological polar surface area (TPSA) is 49.3 Å². The van der Waals surface area contributed by atoms with Crippen LogP contribution in [0.5, 0.6) is 0 Å². The van der Waals surface area contributed by atoms with Crippen LogP contribution in [0.1, 0.15) is 41.6 Å². The predicted octanol–water partition coefficient (Wildman–Crippen LogP) is 2.42. The molecule has 4 heteroatoms. The number of carbonyl (C=O) groups excluding carboxylic acids is 1. The molecule has 3 nitrogen and oxygen atoms in total. The zero-order valence-corrected chi connectivity index (χ0v) is 10.7. The van der Waals surface area contributed by atoms with Gasteiger partial charge in [-0.05, 0) is 37.5 Å². The van der Waals surface area contributed by atoms with E-state index in [2.05, 4.69) is 5.32 Å². The lowest BCUT2D eigenvalue weighted by Gasteiger charge is -2.06. The van der Waals surface area contributed by atoms with E-state index in [-0.39, 0.29) is 18.1 Å². The maximum absolute atomic E-state index is 13.5. The molecule has 0 radical (unpaired) electrons. The van der Waals surface area contributed by atoms with Crippen molar-refractivity contribution in [2.75, 3.05) is 13.2 Å². The highest BCUT2D eigenvalue weighted by Gasteiger charge is 2.10. The molecule has 1 aromatic rings. The molecule has 1 rings (SSSR count). The molecule has 0 aliphatic heterocycles. The summed E-state index contributed by atoms with van der Waals surface area (Å²) in [5.41, 5.74) is 0.893. The molecule has 0 aliphatic carbocycles. The van der Waals surface area contributed by atoms with Gasteiger partial charge in [-0.3, -0.25) is 4.79 Å². The van der Waals surface area contributed by atoms with Gasteiger partial charge < -0.3 is 10.4 Å². The monoisotopic (exact) mass is 253 g/mol. The van der Waals surface area contributed by atoms with Crippen molar-refractivity contribution in [3.8, 4) is 0 Å². The molecule has 0 spiro atoms. The van der Waals surface area contributed by atoms with Crippen LogP contribution in [-0.2, 0) is 0 Å². The number of aryl methyl sites for hydroxylation is 1. The van der Waals surface area contributed by atoms with Gasteiger partial charge in [0.1, 0.15) is 5.82 Å². The number of aliphatic hydroxyl groups is 1. The SMILES string of the molecule is Cc1ccc(C(=O)NCCCCCCO)c(F)c1. The number of amides is 1. The van der Waals surface area contributed by atoms with Gasteiger partial charge in [-0.15, -0.1) is 0 Å². The highest BCUT2D eigenvalue weighted by Crippen LogP contribution is 2.09. The minimum Gasteiger partial charge on any atom is -0.396 e. The first-order valence-corrected chi connectivity index (χ1v) is 6.30. The van der Waals surface area contributed by atoms with Crippen molar-refractivity contribution in [3.63, 3.8) is 0 Å². The third kappa shape index (κ3) is 4.84. The number of unbranched alkanes of at least 4 members (excludes halogenated alkanes) is 3. The molecular formula is C14H20FNO2. The van der Waals surface area contributed by atoms with Crippen LogP contribution in [0.3, 0.4) is 0 Å². The van der Waals surface area contributed by atoms with Crippen LogP contribution >= 0.6 is 0 Å². The Labute approximate surface area is 107 Å². The molecule has 2 N–H and O–H groups in total. The van der Waals surface area contributed by atoms with Gasteiger partial charge in [-0.25, -0.2) is 4.39 Å². The summed E-state index contributed by atoms with van der Waals surface area (Å²) in [6.45, 7) is 2.53. The normalized spacial score (nSPS) is 10.4. The number of hydrogen-bond acceptors (Lipinski definition) is 2. The number of carbonyl (C=O) groups is 1. The van der Waals surface area contributed by atoms with Crippen molar-refractivity contribution in [3.05, 3.63) is 35.1 Å². The fourth-order valence-corrected chi connectivity index (χ4v) is 1.69. The summed E-state index contributed by atoms with van der Waals surface area (Å²) >= 11 is 0. The molecule has 0 unspecified atom stereocenters. The summed E-state index contributed by atoms with van der Waals surface area (Å²) in [6.07, 6.45) is 3.54. The number of halogens is 1. The maximum Gasteiger partial charge on any atom is 0.254 e. The number of rotatable bonds is 7. The minimum atomic E-state index is -0.479. The van der Waals surface area contributed by atoms with E-state index in [4.69, 9.17) is 5.11 Å². The highest BCUT2D eigenvalue weighted by molar-refractivity contribution is 5.94. The van der Waals surface area contributed by atoms with E-state index in [1.165, 1.54) is 12.1 Å². The van der Waals surface area contributed by atoms with Gasteiger partial charge in [0.15, 0.2) is 0 Å². The third-order valence-corrected chi connectivity index (χ3v) is 2.74. The lowest BCUT2D eigenvalue weighted by Crippen LogP contribution is -2.25. The second kappa shape index (κ2) is 7.82. The molecule has 0 aromatic heterocycles. The third-order valence-electron chi connectivity index (χ3n) is 2.74. The molecule has 0 fully saturated rings. The summed E-state index contributed by atoms with van der Waals surface area (Å²) < 4.78 is 13.5. The van der Waals surface area contributed by atoms with E-state index in [0.717, 1.165) is 31.2 Å². The maximum atomic E-state index is 13.5. The zero-order valence-electron chi connectivity index (χ0n) is 10.7. The smallest absolute Gasteiger partial charge is 0.254 e. The van der Waals surface area contributed by atoms with Crippen molar-refractivity contribution in [2.24, 2.45) is 0 Å². The molecule has 0 saturated heterocycles. The molecule has 18 heavy (non-hydrogen) atoms. The molecule has 0 heterocycles. The second-order valence-corrected chi connectivity index (χ2v) is 4.38. The fraction of sp³-hybridized carbons (Fsp3) is 0.500. The summed E-state index contributed by atoms with van der Waals surface area (Å²) in [5, 5.41) is 11.3. The first-order chi connectivity index (χ1) is 8.65. The standard InChI is InChI=1S/C14H20FNO2/c1-11-6-7-12(13(15)10-11)14(18)16-8-4-2-3-5-9-17/h6-7,10,17H,2-5,8-9H2,1H3,(H,16,18). The van der Waals surface area contributed by atoms with Gasteiger partial charge in [-0.2, -0.15) is 0 Å². The fourth-order valence-electron chi connectivity index (χ4n) is 1.69. The van der Waals surface area contributed by atoms with Crippen LogP contribution in [0.2, 0.25) is 0 Å². The van der Waals surface area contributed by atoms with Gasteiger partial charge in [0.2, 0.25) is 0 Å². The van der Waals surface area contributed by atoms with Crippen LogP contribution in [0.4, 0.5) is 4.39 Å². The molecular weight excluding hydrogens is 233 g/mol. The first-order valence-electron chi connectivity index (χ1n) is 6.30. The quantitative estimate of drug-likeness (QED) is 0.733. The van der Waals surface area contributed by atoms with Gasteiger partial charge >= 0.3 is 0 Å². The highest BCUT2D eigenvalue weighted by atomic mass is 19.1. The minimum absolute atomic E-state index is 0.0935. The van der Waals surface area contributed by atoms with Crippen LogP contribution in [0, 0.1) is 12.7 Å². The number of benzene rings is 1. The second-order valence-electron chi connectivity index (χ2n) is 4.38. The van der Waals surface area contributed by atoms with Crippen LogP contribution in [-0.4, -0.2) is 24.2 Å². The summed E-state index contributed by atoms with van der Waals surface area (Å²) in [7, 11) is 0. The van der Waals surface area contributed by atoms with Crippen molar-refractivity contribution >= 4 is 5.91 Å². The van der Waals surface area contributed by atoms with E-state index in [0.29, 0.717) is 6.54 Å². The molecule has 100 valence electrons. The van der Waals surface area contributed by atoms with E-state index < -0.39 is 5.82 Å². The van der Waals surface area contributed by atoms with Crippen LogP contribution in [0.25, 0.3) is 0 Å². The van der Waals surface area contributed by atoms with Crippen molar-refractivity contribution < 1.29 is 14.3 Å². The van der Waals surface area contributed by atoms with Gasteiger partial charge in [0, 0.05) is 13.2 Å². The predicted molar refractivity (Wildman–Crippen MR) is 69.0 cm³/mol. The molecule has 1 amide bonds. The number of aliphatic hydroxyl groups excluding tert-OH is 1.